The van der Waals surface area contributed by atoms with Gasteiger partial charge >= 0.3 is 5.97 Å². The minimum absolute atomic E-state index is 0.00539. The molecule has 2 rings (SSSR count). The number of aliphatic hydroxyl groups is 1. The minimum Gasteiger partial charge on any atom is -0.497 e. The SMILES string of the molecule is COC(=O)/C=C/C=C/[C@@H](C)[C@H](C[C@H](CO)OCc1ccc(OC)cc1)OCc1ccc(OC)cc1. The Morgan fingerprint density at radius 2 is 1.40 bits per heavy atom. The molecule has 0 bridgehead atoms. The van der Waals surface area contributed by atoms with Gasteiger partial charge < -0.3 is 28.8 Å². The number of hydrogen-bond donors (Lipinski definition) is 1. The molecule has 35 heavy (non-hydrogen) atoms. The summed E-state index contributed by atoms with van der Waals surface area (Å²) in [5, 5.41) is 9.97. The van der Waals surface area contributed by atoms with Crippen molar-refractivity contribution in [2.75, 3.05) is 27.9 Å². The predicted octanol–water partition coefficient (Wildman–Crippen LogP) is 4.48. The van der Waals surface area contributed by atoms with Crippen molar-refractivity contribution in [2.45, 2.75) is 38.8 Å². The third-order valence-corrected chi connectivity index (χ3v) is 5.51. The minimum atomic E-state index is -0.415. The van der Waals surface area contributed by atoms with E-state index in [1.165, 1.54) is 13.2 Å². The molecule has 0 aliphatic carbocycles. The van der Waals surface area contributed by atoms with Gasteiger partial charge in [0, 0.05) is 18.4 Å². The summed E-state index contributed by atoms with van der Waals surface area (Å²) in [6.07, 6.45) is 6.59. The number of allylic oxidation sites excluding steroid dienone is 2. The van der Waals surface area contributed by atoms with Gasteiger partial charge in [-0.2, -0.15) is 0 Å². The van der Waals surface area contributed by atoms with Crippen LogP contribution in [-0.4, -0.2) is 51.2 Å². The molecule has 0 aromatic heterocycles. The van der Waals surface area contributed by atoms with E-state index in [0.29, 0.717) is 19.6 Å². The van der Waals surface area contributed by atoms with Crippen molar-refractivity contribution in [1.29, 1.82) is 0 Å². The van der Waals surface area contributed by atoms with Crippen molar-refractivity contribution >= 4 is 5.97 Å². The third-order valence-electron chi connectivity index (χ3n) is 5.51. The number of esters is 1. The zero-order valence-electron chi connectivity index (χ0n) is 20.9. The van der Waals surface area contributed by atoms with Gasteiger partial charge in [-0.05, 0) is 35.4 Å². The Kier molecular flexibility index (Phi) is 12.6. The Bertz CT molecular complexity index is 919. The Morgan fingerprint density at radius 1 is 0.857 bits per heavy atom. The number of rotatable bonds is 15. The molecule has 0 radical (unpaired) electrons. The van der Waals surface area contributed by atoms with E-state index in [0.717, 1.165) is 22.6 Å². The highest BCUT2D eigenvalue weighted by Crippen LogP contribution is 2.21. The zero-order chi connectivity index (χ0) is 25.5. The number of carbonyl (C=O) groups excluding carboxylic acids is 1. The summed E-state index contributed by atoms with van der Waals surface area (Å²) < 4.78 is 27.3. The van der Waals surface area contributed by atoms with Crippen molar-refractivity contribution < 1.29 is 33.6 Å². The highest BCUT2D eigenvalue weighted by atomic mass is 16.5. The number of methoxy groups -OCH3 is 3. The van der Waals surface area contributed by atoms with Crippen molar-refractivity contribution in [3.05, 3.63) is 84.0 Å². The summed E-state index contributed by atoms with van der Waals surface area (Å²) >= 11 is 0. The van der Waals surface area contributed by atoms with Crippen LogP contribution in [0, 0.1) is 5.92 Å². The van der Waals surface area contributed by atoms with Crippen LogP contribution in [0.15, 0.2) is 72.8 Å². The molecule has 7 heteroatoms. The molecule has 3 atom stereocenters. The lowest BCUT2D eigenvalue weighted by Crippen LogP contribution is -2.30. The van der Waals surface area contributed by atoms with Gasteiger partial charge in [-0.1, -0.05) is 49.4 Å². The molecule has 2 aromatic carbocycles. The summed E-state index contributed by atoms with van der Waals surface area (Å²) in [6, 6.07) is 15.3. The van der Waals surface area contributed by atoms with Crippen LogP contribution in [0.3, 0.4) is 0 Å². The van der Waals surface area contributed by atoms with E-state index in [9.17, 15) is 9.90 Å². The second-order valence-corrected chi connectivity index (χ2v) is 8.02. The first kappa shape index (κ1) is 28.1. The predicted molar refractivity (Wildman–Crippen MR) is 134 cm³/mol. The molecule has 190 valence electrons. The molecule has 0 spiro atoms. The van der Waals surface area contributed by atoms with Gasteiger partial charge in [-0.3, -0.25) is 0 Å². The quantitative estimate of drug-likeness (QED) is 0.227. The smallest absolute Gasteiger partial charge is 0.330 e. The van der Waals surface area contributed by atoms with Gasteiger partial charge in [0.1, 0.15) is 11.5 Å². The molecule has 0 saturated heterocycles. The van der Waals surface area contributed by atoms with Crippen LogP contribution in [0.4, 0.5) is 0 Å². The molecule has 0 saturated carbocycles. The number of benzene rings is 2. The fourth-order valence-corrected chi connectivity index (χ4v) is 3.32. The number of carbonyl (C=O) groups is 1. The Balaban J connectivity index is 2.04. The van der Waals surface area contributed by atoms with Gasteiger partial charge in [0.2, 0.25) is 0 Å². The lowest BCUT2D eigenvalue weighted by molar-refractivity contribution is -0.134. The van der Waals surface area contributed by atoms with Gasteiger partial charge in [0.15, 0.2) is 0 Å². The molecular formula is C28H36O7. The van der Waals surface area contributed by atoms with Gasteiger partial charge in [-0.25, -0.2) is 4.79 Å². The fourth-order valence-electron chi connectivity index (χ4n) is 3.32. The molecule has 1 N–H and O–H groups in total. The van der Waals surface area contributed by atoms with E-state index >= 15 is 0 Å². The maximum absolute atomic E-state index is 11.3. The standard InChI is InChI=1S/C28H36O7/c1-21(7-5-6-8-28(30)33-4)27(35-20-23-11-15-25(32-3)16-12-23)17-26(18-29)34-19-22-9-13-24(31-2)14-10-22/h5-16,21,26-27,29H,17-20H2,1-4H3/b7-5+,8-6+/t21-,26-,27+/m1/s1. The van der Waals surface area contributed by atoms with Gasteiger partial charge in [-0.15, -0.1) is 0 Å². The monoisotopic (exact) mass is 484 g/mol. The molecule has 0 fully saturated rings. The van der Waals surface area contributed by atoms with Crippen LogP contribution < -0.4 is 9.47 Å². The largest absolute Gasteiger partial charge is 0.497 e. The van der Waals surface area contributed by atoms with Gasteiger partial charge in [0.25, 0.3) is 0 Å². The van der Waals surface area contributed by atoms with E-state index in [1.807, 2.05) is 61.5 Å². The van der Waals surface area contributed by atoms with Crippen molar-refractivity contribution in [1.82, 2.24) is 0 Å². The van der Waals surface area contributed by atoms with E-state index in [-0.39, 0.29) is 18.6 Å². The normalized spacial score (nSPS) is 14.1. The molecule has 7 nitrogen and oxygen atoms in total. The van der Waals surface area contributed by atoms with Crippen molar-refractivity contribution in [2.24, 2.45) is 5.92 Å². The van der Waals surface area contributed by atoms with Gasteiger partial charge in [0.05, 0.1) is 53.4 Å². The number of aliphatic hydroxyl groups excluding tert-OH is 1. The summed E-state index contributed by atoms with van der Waals surface area (Å²) in [5.41, 5.74) is 2.00. The van der Waals surface area contributed by atoms with Crippen molar-refractivity contribution in [3.63, 3.8) is 0 Å². The Hall–Kier alpha value is -3.13. The first-order chi connectivity index (χ1) is 17.0. The van der Waals surface area contributed by atoms with E-state index in [4.69, 9.17) is 18.9 Å². The molecule has 0 aliphatic rings. The average Bonchev–Trinajstić information content (AvgIpc) is 2.90. The first-order valence-electron chi connectivity index (χ1n) is 11.5. The molecular weight excluding hydrogens is 448 g/mol. The fraction of sp³-hybridized carbons (Fsp3) is 0.393. The Morgan fingerprint density at radius 3 is 1.89 bits per heavy atom. The molecule has 0 amide bonds. The Labute approximate surface area is 207 Å². The number of ether oxygens (including phenoxy) is 5. The first-order valence-corrected chi connectivity index (χ1v) is 11.5. The van der Waals surface area contributed by atoms with Crippen LogP contribution in [0.1, 0.15) is 24.5 Å². The van der Waals surface area contributed by atoms with E-state index in [1.54, 1.807) is 26.4 Å². The van der Waals surface area contributed by atoms with Crippen molar-refractivity contribution in [3.8, 4) is 11.5 Å². The molecule has 0 aliphatic heterocycles. The lowest BCUT2D eigenvalue weighted by Gasteiger charge is -2.26. The molecule has 2 aromatic rings. The highest BCUT2D eigenvalue weighted by Gasteiger charge is 2.22. The topological polar surface area (TPSA) is 83.5 Å². The summed E-state index contributed by atoms with van der Waals surface area (Å²) in [6.45, 7) is 2.67. The summed E-state index contributed by atoms with van der Waals surface area (Å²) in [4.78, 5) is 11.3. The maximum Gasteiger partial charge on any atom is 0.330 e. The highest BCUT2D eigenvalue weighted by molar-refractivity contribution is 5.82. The summed E-state index contributed by atoms with van der Waals surface area (Å²) in [7, 11) is 4.59. The van der Waals surface area contributed by atoms with Crippen LogP contribution >= 0.6 is 0 Å². The molecule has 0 heterocycles. The van der Waals surface area contributed by atoms with E-state index in [2.05, 4.69) is 4.74 Å². The van der Waals surface area contributed by atoms with Crippen LogP contribution in [0.2, 0.25) is 0 Å². The maximum atomic E-state index is 11.3. The van der Waals surface area contributed by atoms with E-state index < -0.39 is 12.1 Å². The van der Waals surface area contributed by atoms with Crippen LogP contribution in [-0.2, 0) is 32.2 Å². The summed E-state index contributed by atoms with van der Waals surface area (Å²) in [5.74, 6) is 1.14. The van der Waals surface area contributed by atoms with Crippen LogP contribution in [0.5, 0.6) is 11.5 Å². The average molecular weight is 485 g/mol. The second-order valence-electron chi connectivity index (χ2n) is 8.02. The lowest BCUT2D eigenvalue weighted by atomic mass is 9.98. The van der Waals surface area contributed by atoms with Crippen LogP contribution in [0.25, 0.3) is 0 Å². The molecule has 0 unspecified atom stereocenters. The third kappa shape index (κ3) is 10.3. The zero-order valence-corrected chi connectivity index (χ0v) is 20.9. The second kappa shape index (κ2) is 15.7. The number of hydrogen-bond acceptors (Lipinski definition) is 7.